The molecule has 0 saturated carbocycles. The van der Waals surface area contributed by atoms with Crippen molar-refractivity contribution >= 4 is 40.1 Å². The number of hydrogen-bond acceptors (Lipinski definition) is 7. The van der Waals surface area contributed by atoms with Crippen LogP contribution in [0.2, 0.25) is 0 Å². The number of benzene rings is 1. The maximum Gasteiger partial charge on any atom is 0.341 e. The number of anilines is 1. The van der Waals surface area contributed by atoms with Crippen molar-refractivity contribution in [2.45, 2.75) is 32.6 Å². The molecule has 31 heavy (non-hydrogen) atoms. The maximum atomic E-state index is 12.3. The first-order valence-corrected chi connectivity index (χ1v) is 10.9. The molecule has 1 aliphatic carbocycles. The molecule has 0 saturated heterocycles. The van der Waals surface area contributed by atoms with E-state index in [-0.39, 0.29) is 25.5 Å². The molecule has 2 aromatic rings. The van der Waals surface area contributed by atoms with Gasteiger partial charge in [-0.05, 0) is 37.3 Å². The van der Waals surface area contributed by atoms with Crippen molar-refractivity contribution in [3.8, 4) is 0 Å². The average Bonchev–Trinajstić information content (AvgIpc) is 3.32. The second-order valence-electron chi connectivity index (χ2n) is 6.93. The average molecular weight is 445 g/mol. The molecule has 0 spiro atoms. The van der Waals surface area contributed by atoms with Crippen LogP contribution in [0.15, 0.2) is 30.3 Å². The quantitative estimate of drug-likeness (QED) is 0.574. The number of carbonyl (C=O) groups excluding carboxylic acids is 4. The van der Waals surface area contributed by atoms with Crippen molar-refractivity contribution in [1.29, 1.82) is 0 Å². The lowest BCUT2D eigenvalue weighted by Gasteiger charge is -2.09. The Morgan fingerprint density at radius 1 is 1.03 bits per heavy atom. The molecule has 1 aromatic heterocycles. The minimum absolute atomic E-state index is 0.147. The molecule has 1 aromatic carbocycles. The van der Waals surface area contributed by atoms with Crippen LogP contribution in [0.1, 0.15) is 39.7 Å². The monoisotopic (exact) mass is 444 g/mol. The van der Waals surface area contributed by atoms with Crippen LogP contribution in [0, 0.1) is 0 Å². The highest BCUT2D eigenvalue weighted by Crippen LogP contribution is 2.39. The van der Waals surface area contributed by atoms with Crippen molar-refractivity contribution in [3.05, 3.63) is 51.9 Å². The number of rotatable bonds is 9. The Kier molecular flexibility index (Phi) is 7.77. The number of thiophene rings is 1. The van der Waals surface area contributed by atoms with Gasteiger partial charge >= 0.3 is 11.9 Å². The second kappa shape index (κ2) is 10.7. The van der Waals surface area contributed by atoms with Gasteiger partial charge in [0.15, 0.2) is 6.61 Å². The van der Waals surface area contributed by atoms with E-state index < -0.39 is 24.5 Å². The standard InChI is InChI=1S/C22H24N2O6S/c1-2-29-22(28)20-15-9-6-10-16(15)31-21(20)24-18(26)13-30-19(27)12-23-17(25)11-14-7-4-3-5-8-14/h3-5,7-8H,2,6,9-13H2,1H3,(H,23,25)(H,24,26). The zero-order valence-corrected chi connectivity index (χ0v) is 18.0. The summed E-state index contributed by atoms with van der Waals surface area (Å²) in [5.41, 5.74) is 2.15. The molecule has 0 aliphatic heterocycles. The summed E-state index contributed by atoms with van der Waals surface area (Å²) in [6, 6.07) is 9.13. The number of esters is 2. The molecule has 2 N–H and O–H groups in total. The first-order chi connectivity index (χ1) is 15.0. The molecular formula is C22H24N2O6S. The summed E-state index contributed by atoms with van der Waals surface area (Å²) in [4.78, 5) is 49.3. The van der Waals surface area contributed by atoms with E-state index in [9.17, 15) is 19.2 Å². The van der Waals surface area contributed by atoms with Gasteiger partial charge in [-0.3, -0.25) is 14.4 Å². The highest BCUT2D eigenvalue weighted by Gasteiger charge is 2.28. The van der Waals surface area contributed by atoms with Gasteiger partial charge < -0.3 is 20.1 Å². The summed E-state index contributed by atoms with van der Waals surface area (Å²) >= 11 is 1.35. The van der Waals surface area contributed by atoms with Crippen molar-refractivity contribution in [3.63, 3.8) is 0 Å². The van der Waals surface area contributed by atoms with Crippen LogP contribution < -0.4 is 10.6 Å². The van der Waals surface area contributed by atoms with Crippen molar-refractivity contribution in [2.75, 3.05) is 25.1 Å². The zero-order valence-electron chi connectivity index (χ0n) is 17.2. The number of nitrogens with one attached hydrogen (secondary N) is 2. The summed E-state index contributed by atoms with van der Waals surface area (Å²) in [5.74, 6) is -2.07. The molecule has 0 bridgehead atoms. The zero-order chi connectivity index (χ0) is 22.2. The van der Waals surface area contributed by atoms with Gasteiger partial charge in [-0.1, -0.05) is 30.3 Å². The normalized spacial score (nSPS) is 12.0. The predicted octanol–water partition coefficient (Wildman–Crippen LogP) is 2.25. The first-order valence-electron chi connectivity index (χ1n) is 10.1. The third kappa shape index (κ3) is 6.14. The van der Waals surface area contributed by atoms with E-state index in [0.717, 1.165) is 35.3 Å². The van der Waals surface area contributed by atoms with Crippen molar-refractivity contribution in [2.24, 2.45) is 0 Å². The van der Waals surface area contributed by atoms with Crippen molar-refractivity contribution in [1.82, 2.24) is 5.32 Å². The predicted molar refractivity (Wildman–Crippen MR) is 115 cm³/mol. The highest BCUT2D eigenvalue weighted by atomic mass is 32.1. The molecule has 1 aliphatic rings. The highest BCUT2D eigenvalue weighted by molar-refractivity contribution is 7.17. The van der Waals surface area contributed by atoms with E-state index in [0.29, 0.717) is 10.6 Å². The fourth-order valence-electron chi connectivity index (χ4n) is 3.29. The number of carbonyl (C=O) groups is 4. The van der Waals surface area contributed by atoms with E-state index in [2.05, 4.69) is 10.6 Å². The Balaban J connectivity index is 1.46. The van der Waals surface area contributed by atoms with Crippen LogP contribution in [-0.2, 0) is 43.1 Å². The molecule has 8 nitrogen and oxygen atoms in total. The SMILES string of the molecule is CCOC(=O)c1c(NC(=O)COC(=O)CNC(=O)Cc2ccccc2)sc2c1CCC2. The Morgan fingerprint density at radius 2 is 1.81 bits per heavy atom. The van der Waals surface area contributed by atoms with E-state index >= 15 is 0 Å². The van der Waals surface area contributed by atoms with Gasteiger partial charge in [0, 0.05) is 4.88 Å². The summed E-state index contributed by atoms with van der Waals surface area (Å²) in [6.45, 7) is 1.11. The van der Waals surface area contributed by atoms with Crippen LogP contribution >= 0.6 is 11.3 Å². The largest absolute Gasteiger partial charge is 0.462 e. The van der Waals surface area contributed by atoms with Crippen LogP contribution in [-0.4, -0.2) is 43.5 Å². The Hall–Kier alpha value is -3.20. The molecule has 0 atom stereocenters. The summed E-state index contributed by atoms with van der Waals surface area (Å²) in [5, 5.41) is 5.53. The summed E-state index contributed by atoms with van der Waals surface area (Å²) in [6.07, 6.45) is 2.75. The van der Waals surface area contributed by atoms with Crippen LogP contribution in [0.25, 0.3) is 0 Å². The summed E-state index contributed by atoms with van der Waals surface area (Å²) < 4.78 is 10.0. The minimum Gasteiger partial charge on any atom is -0.462 e. The number of aryl methyl sites for hydroxylation is 1. The third-order valence-corrected chi connectivity index (χ3v) is 5.86. The molecule has 3 rings (SSSR count). The molecule has 164 valence electrons. The van der Waals surface area contributed by atoms with Crippen LogP contribution in [0.3, 0.4) is 0 Å². The van der Waals surface area contributed by atoms with Gasteiger partial charge in [-0.2, -0.15) is 0 Å². The lowest BCUT2D eigenvalue weighted by atomic mass is 10.1. The van der Waals surface area contributed by atoms with E-state index in [1.54, 1.807) is 6.92 Å². The lowest BCUT2D eigenvalue weighted by molar-refractivity contribution is -0.147. The molecule has 0 fully saturated rings. The third-order valence-electron chi connectivity index (χ3n) is 4.66. The topological polar surface area (TPSA) is 111 Å². The Bertz CT molecular complexity index is 970. The minimum atomic E-state index is -0.726. The van der Waals surface area contributed by atoms with Gasteiger partial charge in [0.05, 0.1) is 18.6 Å². The number of fused-ring (bicyclic) bond motifs is 1. The summed E-state index contributed by atoms with van der Waals surface area (Å²) in [7, 11) is 0. The number of ether oxygens (including phenoxy) is 2. The van der Waals surface area contributed by atoms with Gasteiger partial charge in [0.1, 0.15) is 11.5 Å². The van der Waals surface area contributed by atoms with Gasteiger partial charge in [-0.25, -0.2) is 4.79 Å². The van der Waals surface area contributed by atoms with E-state index in [4.69, 9.17) is 9.47 Å². The molecule has 9 heteroatoms. The smallest absolute Gasteiger partial charge is 0.341 e. The maximum absolute atomic E-state index is 12.3. The fraction of sp³-hybridized carbons (Fsp3) is 0.364. The van der Waals surface area contributed by atoms with Gasteiger partial charge in [-0.15, -0.1) is 11.3 Å². The second-order valence-corrected chi connectivity index (χ2v) is 8.04. The molecule has 0 unspecified atom stereocenters. The fourth-order valence-corrected chi connectivity index (χ4v) is 4.58. The Labute approximate surface area is 183 Å². The first kappa shape index (κ1) is 22.5. The van der Waals surface area contributed by atoms with Gasteiger partial charge in [0.25, 0.3) is 5.91 Å². The van der Waals surface area contributed by atoms with Crippen LogP contribution in [0.4, 0.5) is 5.00 Å². The molecule has 1 heterocycles. The van der Waals surface area contributed by atoms with E-state index in [1.807, 2.05) is 30.3 Å². The molecule has 0 radical (unpaired) electrons. The molecule has 2 amide bonds. The number of hydrogen-bond donors (Lipinski definition) is 2. The van der Waals surface area contributed by atoms with Gasteiger partial charge in [0.2, 0.25) is 5.91 Å². The van der Waals surface area contributed by atoms with Crippen LogP contribution in [0.5, 0.6) is 0 Å². The number of amides is 2. The lowest BCUT2D eigenvalue weighted by Crippen LogP contribution is -2.33. The van der Waals surface area contributed by atoms with E-state index in [1.165, 1.54) is 11.3 Å². The van der Waals surface area contributed by atoms with Crippen molar-refractivity contribution < 1.29 is 28.7 Å². The Morgan fingerprint density at radius 3 is 2.55 bits per heavy atom. The molecular weight excluding hydrogens is 420 g/mol.